The zero-order valence-electron chi connectivity index (χ0n) is 10.6. The molecule has 2 bridgehead atoms. The van der Waals surface area contributed by atoms with Gasteiger partial charge < -0.3 is 0 Å². The molecule has 0 aromatic rings. The fourth-order valence-electron chi connectivity index (χ4n) is 3.12. The molecule has 0 unspecified atom stereocenters. The number of rotatable bonds is 2. The third-order valence-electron chi connectivity index (χ3n) is 3.70. The molecule has 16 heavy (non-hydrogen) atoms. The Bertz CT molecular complexity index is 267. The molecule has 0 amide bonds. The third-order valence-corrected chi connectivity index (χ3v) is 3.70. The number of hydrogen-bond donors (Lipinski definition) is 0. The summed E-state index contributed by atoms with van der Waals surface area (Å²) in [5, 5.41) is 0. The minimum Gasteiger partial charge on any atom is -0.293 e. The number of halogens is 2. The quantitative estimate of drug-likeness (QED) is 0.720. The molecule has 2 atom stereocenters. The van der Waals surface area contributed by atoms with Crippen molar-refractivity contribution in [2.45, 2.75) is 57.7 Å². The van der Waals surface area contributed by atoms with E-state index in [4.69, 9.17) is 0 Å². The van der Waals surface area contributed by atoms with Crippen LogP contribution in [0.5, 0.6) is 0 Å². The maximum absolute atomic E-state index is 13.0. The van der Waals surface area contributed by atoms with Crippen LogP contribution in [0.4, 0.5) is 8.78 Å². The second-order valence-electron chi connectivity index (χ2n) is 6.37. The van der Waals surface area contributed by atoms with Gasteiger partial charge in [0.25, 0.3) is 5.92 Å². The van der Waals surface area contributed by atoms with Crippen LogP contribution in [0.3, 0.4) is 0 Å². The van der Waals surface area contributed by atoms with E-state index in [0.29, 0.717) is 12.1 Å². The molecule has 0 aliphatic carbocycles. The molecule has 94 valence electrons. The molecule has 0 spiro atoms. The Labute approximate surface area is 96.6 Å². The average molecular weight is 232 g/mol. The summed E-state index contributed by atoms with van der Waals surface area (Å²) in [6, 6.07) is 0.822. The first-order chi connectivity index (χ1) is 7.17. The van der Waals surface area contributed by atoms with Crippen LogP contribution in [0.1, 0.15) is 34.1 Å². The fraction of sp³-hybridized carbons (Fsp3) is 1.00. The molecular formula is C12H22F2N2. The van der Waals surface area contributed by atoms with Gasteiger partial charge in [0.2, 0.25) is 0 Å². The van der Waals surface area contributed by atoms with Crippen LogP contribution in [-0.4, -0.2) is 53.0 Å². The van der Waals surface area contributed by atoms with E-state index in [1.54, 1.807) is 0 Å². The summed E-state index contributed by atoms with van der Waals surface area (Å²) < 4.78 is 25.9. The van der Waals surface area contributed by atoms with Crippen LogP contribution in [-0.2, 0) is 0 Å². The summed E-state index contributed by atoms with van der Waals surface area (Å²) >= 11 is 0. The Kier molecular flexibility index (Phi) is 2.78. The zero-order valence-corrected chi connectivity index (χ0v) is 10.6. The first-order valence-corrected chi connectivity index (χ1v) is 6.05. The zero-order chi connectivity index (χ0) is 12.1. The van der Waals surface area contributed by atoms with Crippen LogP contribution in [0.25, 0.3) is 0 Å². The van der Waals surface area contributed by atoms with Crippen molar-refractivity contribution in [1.82, 2.24) is 9.80 Å². The number of hydrogen-bond acceptors (Lipinski definition) is 2. The van der Waals surface area contributed by atoms with Gasteiger partial charge in [0.1, 0.15) is 0 Å². The Morgan fingerprint density at radius 3 is 2.06 bits per heavy atom. The summed E-state index contributed by atoms with van der Waals surface area (Å²) in [6.07, 6.45) is 1.06. The van der Waals surface area contributed by atoms with E-state index in [9.17, 15) is 8.78 Å². The van der Waals surface area contributed by atoms with Gasteiger partial charge in [-0.3, -0.25) is 9.80 Å². The summed E-state index contributed by atoms with van der Waals surface area (Å²) in [5.41, 5.74) is 0.167. The molecule has 0 saturated carbocycles. The van der Waals surface area contributed by atoms with Crippen molar-refractivity contribution >= 4 is 0 Å². The number of alkyl halides is 2. The van der Waals surface area contributed by atoms with Crippen LogP contribution in [0, 0.1) is 0 Å². The molecule has 2 saturated heterocycles. The predicted octanol–water partition coefficient (Wildman–Crippen LogP) is 2.20. The second-order valence-corrected chi connectivity index (χ2v) is 6.37. The lowest BCUT2D eigenvalue weighted by Gasteiger charge is -2.42. The molecule has 2 aliphatic rings. The van der Waals surface area contributed by atoms with Gasteiger partial charge in [0, 0.05) is 37.6 Å². The van der Waals surface area contributed by atoms with Gasteiger partial charge in [-0.1, -0.05) is 0 Å². The van der Waals surface area contributed by atoms with Crippen LogP contribution in [0.15, 0.2) is 0 Å². The van der Waals surface area contributed by atoms with Crippen molar-refractivity contribution < 1.29 is 8.78 Å². The van der Waals surface area contributed by atoms with Crippen molar-refractivity contribution in [1.29, 1.82) is 0 Å². The smallest absolute Gasteiger partial charge is 0.257 e. The van der Waals surface area contributed by atoms with Crippen LogP contribution in [0.2, 0.25) is 0 Å². The molecule has 0 radical (unpaired) electrons. The summed E-state index contributed by atoms with van der Waals surface area (Å²) in [4.78, 5) is 4.43. The van der Waals surface area contributed by atoms with Gasteiger partial charge in [-0.05, 0) is 27.2 Å². The first-order valence-electron chi connectivity index (χ1n) is 6.05. The van der Waals surface area contributed by atoms with Crippen molar-refractivity contribution in [3.05, 3.63) is 0 Å². The van der Waals surface area contributed by atoms with E-state index < -0.39 is 5.92 Å². The lowest BCUT2D eigenvalue weighted by molar-refractivity contribution is -0.0355. The highest BCUT2D eigenvalue weighted by Gasteiger charge is 2.48. The molecule has 2 heterocycles. The highest BCUT2D eigenvalue weighted by molar-refractivity contribution is 5.03. The molecule has 2 fully saturated rings. The molecule has 2 aliphatic heterocycles. The number of likely N-dealkylation sites (tertiary alicyclic amines) is 2. The number of nitrogens with zero attached hydrogens (tertiary/aromatic N) is 2. The maximum Gasteiger partial charge on any atom is 0.257 e. The Hall–Kier alpha value is -0.220. The fourth-order valence-corrected chi connectivity index (χ4v) is 3.12. The van der Waals surface area contributed by atoms with E-state index in [-0.39, 0.29) is 12.1 Å². The average Bonchev–Trinajstić information content (AvgIpc) is 2.56. The van der Waals surface area contributed by atoms with Gasteiger partial charge >= 0.3 is 0 Å². The highest BCUT2D eigenvalue weighted by Crippen LogP contribution is 2.36. The Morgan fingerprint density at radius 1 is 1.06 bits per heavy atom. The standard InChI is InChI=1S/C12H22F2N2/c1-11(2,3)16-7-9-5-10(16)6-15(9)8-12(4,13)14/h9-10H,5-8H2,1-4H3/t9-,10-/m1/s1. The van der Waals surface area contributed by atoms with E-state index in [1.807, 2.05) is 4.90 Å². The molecule has 0 aromatic heterocycles. The normalized spacial score (nSPS) is 32.6. The summed E-state index contributed by atoms with van der Waals surface area (Å²) in [5.74, 6) is -2.56. The SMILES string of the molecule is CC(F)(F)CN1C[C@H]2C[C@@H]1CN2C(C)(C)C. The largest absolute Gasteiger partial charge is 0.293 e. The van der Waals surface area contributed by atoms with E-state index >= 15 is 0 Å². The minimum absolute atomic E-state index is 0.0772. The van der Waals surface area contributed by atoms with Crippen molar-refractivity contribution in [2.24, 2.45) is 0 Å². The first kappa shape index (κ1) is 12.2. The maximum atomic E-state index is 13.0. The van der Waals surface area contributed by atoms with Gasteiger partial charge in [-0.15, -0.1) is 0 Å². The van der Waals surface area contributed by atoms with E-state index in [2.05, 4.69) is 25.7 Å². The van der Waals surface area contributed by atoms with Crippen LogP contribution < -0.4 is 0 Å². The molecule has 0 aromatic carbocycles. The minimum atomic E-state index is -2.56. The lowest BCUT2D eigenvalue weighted by Crippen LogP contribution is -2.54. The number of piperazine rings is 1. The lowest BCUT2D eigenvalue weighted by atomic mass is 10.0. The molecule has 0 N–H and O–H groups in total. The van der Waals surface area contributed by atoms with Crippen molar-refractivity contribution in [2.75, 3.05) is 19.6 Å². The molecule has 2 nitrogen and oxygen atoms in total. The Balaban J connectivity index is 1.96. The summed E-state index contributed by atoms with van der Waals surface area (Å²) in [7, 11) is 0. The van der Waals surface area contributed by atoms with Crippen LogP contribution >= 0.6 is 0 Å². The van der Waals surface area contributed by atoms with E-state index in [1.165, 1.54) is 0 Å². The van der Waals surface area contributed by atoms with Crippen molar-refractivity contribution in [3.8, 4) is 0 Å². The van der Waals surface area contributed by atoms with E-state index in [0.717, 1.165) is 26.4 Å². The van der Waals surface area contributed by atoms with Crippen molar-refractivity contribution in [3.63, 3.8) is 0 Å². The number of fused-ring (bicyclic) bond motifs is 2. The Morgan fingerprint density at radius 2 is 1.69 bits per heavy atom. The molecule has 4 heteroatoms. The van der Waals surface area contributed by atoms with Gasteiger partial charge in [0.15, 0.2) is 0 Å². The third kappa shape index (κ3) is 2.38. The topological polar surface area (TPSA) is 6.48 Å². The second kappa shape index (κ2) is 3.64. The predicted molar refractivity (Wildman–Crippen MR) is 60.8 cm³/mol. The molecule has 2 rings (SSSR count). The van der Waals surface area contributed by atoms with Gasteiger partial charge in [-0.2, -0.15) is 0 Å². The monoisotopic (exact) mass is 232 g/mol. The van der Waals surface area contributed by atoms with Gasteiger partial charge in [0.05, 0.1) is 6.54 Å². The highest BCUT2D eigenvalue weighted by atomic mass is 19.3. The molecular weight excluding hydrogens is 210 g/mol. The summed E-state index contributed by atoms with van der Waals surface area (Å²) in [6.45, 7) is 9.30. The van der Waals surface area contributed by atoms with Gasteiger partial charge in [-0.25, -0.2) is 8.78 Å².